The topological polar surface area (TPSA) is 64.9 Å². The monoisotopic (exact) mass is 323 g/mol. The second kappa shape index (κ2) is 5.84. The summed E-state index contributed by atoms with van der Waals surface area (Å²) in [5, 5.41) is 4.02. The van der Waals surface area contributed by atoms with E-state index in [9.17, 15) is 0 Å². The van der Waals surface area contributed by atoms with Crippen molar-refractivity contribution in [1.82, 2.24) is 10.1 Å². The Labute approximate surface area is 121 Å². The third-order valence-electron chi connectivity index (χ3n) is 3.35. The summed E-state index contributed by atoms with van der Waals surface area (Å²) in [6.45, 7) is 6.21. The van der Waals surface area contributed by atoms with E-state index in [-0.39, 0.29) is 6.04 Å². The van der Waals surface area contributed by atoms with Gasteiger partial charge in [0.15, 0.2) is 0 Å². The van der Waals surface area contributed by atoms with Crippen LogP contribution in [0.25, 0.3) is 11.4 Å². The molecule has 0 saturated carbocycles. The smallest absolute Gasteiger partial charge is 0.244 e. The molecule has 1 aromatic heterocycles. The van der Waals surface area contributed by atoms with Crippen LogP contribution in [0.5, 0.6) is 0 Å². The van der Waals surface area contributed by atoms with Gasteiger partial charge in [-0.3, -0.25) is 0 Å². The zero-order valence-electron chi connectivity index (χ0n) is 11.4. The number of halogens is 1. The van der Waals surface area contributed by atoms with Gasteiger partial charge in [0.25, 0.3) is 0 Å². The molecule has 2 atom stereocenters. The molecule has 1 aromatic carbocycles. The summed E-state index contributed by atoms with van der Waals surface area (Å²) in [5.74, 6) is 1.38. The maximum atomic E-state index is 6.09. The highest BCUT2D eigenvalue weighted by Crippen LogP contribution is 2.28. The van der Waals surface area contributed by atoms with Crippen LogP contribution in [0, 0.1) is 12.8 Å². The average Bonchev–Trinajstić information content (AvgIpc) is 2.86. The Morgan fingerprint density at radius 3 is 2.79 bits per heavy atom. The van der Waals surface area contributed by atoms with Crippen molar-refractivity contribution in [1.29, 1.82) is 0 Å². The van der Waals surface area contributed by atoms with Crippen LogP contribution < -0.4 is 5.73 Å². The Bertz CT molecular complexity index is 568. The SMILES string of the molecule is CCC(C)C(N)c1nc(-c2ccc(C)cc2Br)no1. The van der Waals surface area contributed by atoms with Crippen molar-refractivity contribution in [2.45, 2.75) is 33.2 Å². The van der Waals surface area contributed by atoms with Crippen molar-refractivity contribution in [2.24, 2.45) is 11.7 Å². The fraction of sp³-hybridized carbons (Fsp3) is 0.429. The van der Waals surface area contributed by atoms with Gasteiger partial charge in [0.1, 0.15) is 0 Å². The van der Waals surface area contributed by atoms with Crippen LogP contribution in [0.15, 0.2) is 27.2 Å². The first-order valence-electron chi connectivity index (χ1n) is 6.38. The van der Waals surface area contributed by atoms with Gasteiger partial charge >= 0.3 is 0 Å². The van der Waals surface area contributed by atoms with Gasteiger partial charge in [0.05, 0.1) is 6.04 Å². The first-order chi connectivity index (χ1) is 9.02. The number of hydrogen-bond donors (Lipinski definition) is 1. The number of benzene rings is 1. The fourth-order valence-corrected chi connectivity index (χ4v) is 2.45. The first-order valence-corrected chi connectivity index (χ1v) is 7.18. The lowest BCUT2D eigenvalue weighted by Crippen LogP contribution is -2.18. The highest BCUT2D eigenvalue weighted by Gasteiger charge is 2.21. The van der Waals surface area contributed by atoms with Crippen molar-refractivity contribution in [2.75, 3.05) is 0 Å². The van der Waals surface area contributed by atoms with Gasteiger partial charge in [-0.15, -0.1) is 0 Å². The number of aromatic nitrogens is 2. The molecule has 0 saturated heterocycles. The number of aryl methyl sites for hydroxylation is 1. The van der Waals surface area contributed by atoms with Gasteiger partial charge in [0, 0.05) is 10.0 Å². The minimum Gasteiger partial charge on any atom is -0.337 e. The van der Waals surface area contributed by atoms with Gasteiger partial charge in [-0.25, -0.2) is 0 Å². The van der Waals surface area contributed by atoms with E-state index in [1.807, 2.05) is 25.1 Å². The quantitative estimate of drug-likeness (QED) is 0.927. The molecule has 0 spiro atoms. The van der Waals surface area contributed by atoms with Crippen LogP contribution >= 0.6 is 15.9 Å². The molecule has 0 aliphatic rings. The lowest BCUT2D eigenvalue weighted by atomic mass is 10.0. The molecule has 5 heteroatoms. The highest BCUT2D eigenvalue weighted by atomic mass is 79.9. The Kier molecular flexibility index (Phi) is 4.37. The van der Waals surface area contributed by atoms with Gasteiger partial charge in [-0.2, -0.15) is 4.98 Å². The number of nitrogens with two attached hydrogens (primary N) is 1. The third-order valence-corrected chi connectivity index (χ3v) is 4.01. The summed E-state index contributed by atoms with van der Waals surface area (Å²) in [7, 11) is 0. The summed E-state index contributed by atoms with van der Waals surface area (Å²) >= 11 is 3.52. The lowest BCUT2D eigenvalue weighted by molar-refractivity contribution is 0.312. The van der Waals surface area contributed by atoms with Crippen molar-refractivity contribution in [3.05, 3.63) is 34.1 Å². The maximum Gasteiger partial charge on any atom is 0.244 e. The molecule has 4 nitrogen and oxygen atoms in total. The molecule has 0 bridgehead atoms. The predicted molar refractivity (Wildman–Crippen MR) is 78.6 cm³/mol. The molecule has 2 unspecified atom stereocenters. The second-order valence-corrected chi connectivity index (χ2v) is 5.71. The number of hydrogen-bond acceptors (Lipinski definition) is 4. The molecule has 1 heterocycles. The Balaban J connectivity index is 2.30. The van der Waals surface area contributed by atoms with E-state index in [1.165, 1.54) is 5.56 Å². The van der Waals surface area contributed by atoms with E-state index in [2.05, 4.69) is 39.9 Å². The molecule has 2 aromatic rings. The van der Waals surface area contributed by atoms with Crippen molar-refractivity contribution >= 4 is 15.9 Å². The maximum absolute atomic E-state index is 6.09. The van der Waals surface area contributed by atoms with E-state index in [0.717, 1.165) is 16.5 Å². The minimum atomic E-state index is -0.213. The zero-order valence-corrected chi connectivity index (χ0v) is 12.9. The summed E-state index contributed by atoms with van der Waals surface area (Å²) in [4.78, 5) is 4.41. The molecule has 2 N–H and O–H groups in total. The second-order valence-electron chi connectivity index (χ2n) is 4.85. The van der Waals surface area contributed by atoms with Crippen LogP contribution in [0.3, 0.4) is 0 Å². The third kappa shape index (κ3) is 3.04. The highest BCUT2D eigenvalue weighted by molar-refractivity contribution is 9.10. The molecule has 0 amide bonds. The van der Waals surface area contributed by atoms with Crippen LogP contribution in [-0.2, 0) is 0 Å². The minimum absolute atomic E-state index is 0.213. The largest absolute Gasteiger partial charge is 0.337 e. The Hall–Kier alpha value is -1.20. The molecule has 102 valence electrons. The number of rotatable bonds is 4. The standard InChI is InChI=1S/C14H18BrN3O/c1-4-9(3)12(16)14-17-13(18-19-14)10-6-5-8(2)7-11(10)15/h5-7,9,12H,4,16H2,1-3H3. The van der Waals surface area contributed by atoms with E-state index in [4.69, 9.17) is 10.3 Å². The molecular formula is C14H18BrN3O. The lowest BCUT2D eigenvalue weighted by Gasteiger charge is -2.12. The zero-order chi connectivity index (χ0) is 14.0. The van der Waals surface area contributed by atoms with E-state index in [0.29, 0.717) is 17.6 Å². The Morgan fingerprint density at radius 2 is 2.16 bits per heavy atom. The van der Waals surface area contributed by atoms with E-state index < -0.39 is 0 Å². The normalized spacial score (nSPS) is 14.4. The van der Waals surface area contributed by atoms with Crippen LogP contribution in [0.1, 0.15) is 37.8 Å². The molecular weight excluding hydrogens is 306 g/mol. The first kappa shape index (κ1) is 14.2. The van der Waals surface area contributed by atoms with Crippen molar-refractivity contribution in [3.8, 4) is 11.4 Å². The summed E-state index contributed by atoms with van der Waals surface area (Å²) in [6.07, 6.45) is 0.979. The van der Waals surface area contributed by atoms with Crippen LogP contribution in [0.4, 0.5) is 0 Å². The van der Waals surface area contributed by atoms with Crippen molar-refractivity contribution in [3.63, 3.8) is 0 Å². The van der Waals surface area contributed by atoms with Crippen LogP contribution in [-0.4, -0.2) is 10.1 Å². The molecule has 0 fully saturated rings. The summed E-state index contributed by atoms with van der Waals surface area (Å²) in [6, 6.07) is 5.81. The van der Waals surface area contributed by atoms with Gasteiger partial charge in [0.2, 0.25) is 11.7 Å². The Morgan fingerprint density at radius 1 is 1.42 bits per heavy atom. The number of nitrogens with zero attached hydrogens (tertiary/aromatic N) is 2. The van der Waals surface area contributed by atoms with Crippen molar-refractivity contribution < 1.29 is 4.52 Å². The van der Waals surface area contributed by atoms with Gasteiger partial charge in [-0.05, 0) is 30.5 Å². The van der Waals surface area contributed by atoms with Crippen LogP contribution in [0.2, 0.25) is 0 Å². The van der Waals surface area contributed by atoms with Gasteiger partial charge < -0.3 is 10.3 Å². The fourth-order valence-electron chi connectivity index (χ4n) is 1.78. The molecule has 0 aliphatic heterocycles. The summed E-state index contributed by atoms with van der Waals surface area (Å²) < 4.78 is 6.24. The molecule has 2 rings (SSSR count). The molecule has 0 aliphatic carbocycles. The molecule has 0 radical (unpaired) electrons. The van der Waals surface area contributed by atoms with E-state index >= 15 is 0 Å². The average molecular weight is 324 g/mol. The van der Waals surface area contributed by atoms with E-state index in [1.54, 1.807) is 0 Å². The van der Waals surface area contributed by atoms with Gasteiger partial charge in [-0.1, -0.05) is 47.4 Å². The summed E-state index contributed by atoms with van der Waals surface area (Å²) in [5.41, 5.74) is 8.19. The molecule has 19 heavy (non-hydrogen) atoms. The predicted octanol–water partition coefficient (Wildman–Crippen LogP) is 3.85.